The van der Waals surface area contributed by atoms with Crippen molar-refractivity contribution < 1.29 is 0 Å². The van der Waals surface area contributed by atoms with Gasteiger partial charge in [-0.1, -0.05) is 30.7 Å². The van der Waals surface area contributed by atoms with Crippen molar-refractivity contribution in [3.8, 4) is 0 Å². The Labute approximate surface area is 111 Å². The monoisotopic (exact) mass is 262 g/mol. The number of nitrogens with zero attached hydrogens (tertiary/aromatic N) is 3. The number of anilines is 3. The highest BCUT2D eigenvalue weighted by Gasteiger charge is 2.10. The number of nitrogens with two attached hydrogens (primary N) is 1. The van der Waals surface area contributed by atoms with Crippen LogP contribution in [0, 0.1) is 0 Å². The summed E-state index contributed by atoms with van der Waals surface area (Å²) in [5.74, 6) is 0.819. The van der Waals surface area contributed by atoms with Crippen LogP contribution in [0.3, 0.4) is 0 Å². The summed E-state index contributed by atoms with van der Waals surface area (Å²) < 4.78 is 0. The van der Waals surface area contributed by atoms with E-state index in [1.165, 1.54) is 11.8 Å². The number of aryl methyl sites for hydroxylation is 1. The molecule has 2 aromatic rings. The van der Waals surface area contributed by atoms with Gasteiger partial charge in [0, 0.05) is 12.7 Å². The van der Waals surface area contributed by atoms with Crippen molar-refractivity contribution >= 4 is 29.1 Å². The van der Waals surface area contributed by atoms with Crippen molar-refractivity contribution in [2.75, 3.05) is 17.7 Å². The minimum Gasteiger partial charge on any atom is -0.368 e. The van der Waals surface area contributed by atoms with Gasteiger partial charge >= 0.3 is 0 Å². The largest absolute Gasteiger partial charge is 0.368 e. The van der Waals surface area contributed by atoms with Crippen molar-refractivity contribution in [2.24, 2.45) is 0 Å². The number of benzene rings is 1. The third-order valence-corrected chi connectivity index (χ3v) is 3.06. The van der Waals surface area contributed by atoms with Crippen LogP contribution in [0.15, 0.2) is 30.5 Å². The minimum atomic E-state index is 0.214. The zero-order valence-electron chi connectivity index (χ0n) is 10.4. The fraction of sp³-hybridized carbons (Fsp3) is 0.231. The Kier molecular flexibility index (Phi) is 3.67. The zero-order valence-corrected chi connectivity index (χ0v) is 11.1. The van der Waals surface area contributed by atoms with Gasteiger partial charge in [-0.15, -0.1) is 0 Å². The van der Waals surface area contributed by atoms with Gasteiger partial charge in [0.15, 0.2) is 5.82 Å². The molecule has 18 heavy (non-hydrogen) atoms. The predicted molar refractivity (Wildman–Crippen MR) is 75.3 cm³/mol. The fourth-order valence-electron chi connectivity index (χ4n) is 1.68. The van der Waals surface area contributed by atoms with Gasteiger partial charge in [-0.05, 0) is 24.1 Å². The molecule has 1 aromatic heterocycles. The van der Waals surface area contributed by atoms with Gasteiger partial charge < -0.3 is 10.6 Å². The predicted octanol–water partition coefficient (Wildman–Crippen LogP) is 3.04. The molecule has 0 aliphatic rings. The van der Waals surface area contributed by atoms with E-state index >= 15 is 0 Å². The average Bonchev–Trinajstić information content (AvgIpc) is 2.41. The number of rotatable bonds is 3. The van der Waals surface area contributed by atoms with Gasteiger partial charge in [0.2, 0.25) is 5.95 Å². The van der Waals surface area contributed by atoms with E-state index in [1.54, 1.807) is 0 Å². The molecule has 2 rings (SSSR count). The first-order chi connectivity index (χ1) is 8.61. The summed E-state index contributed by atoms with van der Waals surface area (Å²) in [6, 6.07) is 8.25. The molecule has 0 saturated heterocycles. The van der Waals surface area contributed by atoms with E-state index in [1.807, 2.05) is 24.1 Å². The maximum Gasteiger partial charge on any atom is 0.222 e. The van der Waals surface area contributed by atoms with Gasteiger partial charge in [0.05, 0.1) is 6.20 Å². The summed E-state index contributed by atoms with van der Waals surface area (Å²) in [6.45, 7) is 2.13. The molecule has 0 bridgehead atoms. The fourth-order valence-corrected chi connectivity index (χ4v) is 1.90. The Morgan fingerprint density at radius 3 is 2.56 bits per heavy atom. The normalized spacial score (nSPS) is 10.4. The highest BCUT2D eigenvalue weighted by atomic mass is 35.5. The van der Waals surface area contributed by atoms with E-state index in [2.05, 4.69) is 29.0 Å². The van der Waals surface area contributed by atoms with Gasteiger partial charge in [-0.3, -0.25) is 0 Å². The zero-order chi connectivity index (χ0) is 13.1. The molecule has 0 unspecified atom stereocenters. The summed E-state index contributed by atoms with van der Waals surface area (Å²) in [5.41, 5.74) is 7.88. The highest BCUT2D eigenvalue weighted by molar-refractivity contribution is 6.33. The van der Waals surface area contributed by atoms with Crippen LogP contribution in [0.2, 0.25) is 5.02 Å². The van der Waals surface area contributed by atoms with Crippen molar-refractivity contribution in [2.45, 2.75) is 13.3 Å². The van der Waals surface area contributed by atoms with Gasteiger partial charge in [-0.25, -0.2) is 4.98 Å². The first kappa shape index (κ1) is 12.6. The van der Waals surface area contributed by atoms with Crippen LogP contribution >= 0.6 is 11.6 Å². The third-order valence-electron chi connectivity index (χ3n) is 2.79. The second-order valence-corrected chi connectivity index (χ2v) is 4.39. The third kappa shape index (κ3) is 2.54. The maximum atomic E-state index is 6.08. The van der Waals surface area contributed by atoms with Crippen LogP contribution in [0.1, 0.15) is 12.5 Å². The number of hydrogen-bond acceptors (Lipinski definition) is 4. The van der Waals surface area contributed by atoms with E-state index in [-0.39, 0.29) is 5.95 Å². The Balaban J connectivity index is 2.34. The summed E-state index contributed by atoms with van der Waals surface area (Å²) in [4.78, 5) is 9.89. The van der Waals surface area contributed by atoms with Crippen LogP contribution < -0.4 is 10.6 Å². The molecular formula is C13H15ClN4. The SMILES string of the molecule is CCc1ccc(N(C)c2nc(N)ncc2Cl)cc1. The Bertz CT molecular complexity index is 539. The molecule has 0 spiro atoms. The van der Waals surface area contributed by atoms with E-state index < -0.39 is 0 Å². The molecule has 1 heterocycles. The minimum absolute atomic E-state index is 0.214. The lowest BCUT2D eigenvalue weighted by atomic mass is 10.1. The van der Waals surface area contributed by atoms with Crippen LogP contribution in [-0.4, -0.2) is 17.0 Å². The van der Waals surface area contributed by atoms with Crippen LogP contribution in [0.5, 0.6) is 0 Å². The maximum absolute atomic E-state index is 6.08. The second-order valence-electron chi connectivity index (χ2n) is 3.98. The Hall–Kier alpha value is -1.81. The van der Waals surface area contributed by atoms with Crippen molar-refractivity contribution in [1.29, 1.82) is 0 Å². The second kappa shape index (κ2) is 5.23. The molecule has 0 saturated carbocycles. The lowest BCUT2D eigenvalue weighted by molar-refractivity contribution is 1.08. The molecule has 5 heteroatoms. The molecule has 0 radical (unpaired) electrons. The van der Waals surface area contributed by atoms with Crippen molar-refractivity contribution in [3.05, 3.63) is 41.0 Å². The van der Waals surface area contributed by atoms with Crippen LogP contribution in [0.25, 0.3) is 0 Å². The molecule has 2 N–H and O–H groups in total. The van der Waals surface area contributed by atoms with E-state index in [9.17, 15) is 0 Å². The number of hydrogen-bond donors (Lipinski definition) is 1. The average molecular weight is 263 g/mol. The Morgan fingerprint density at radius 1 is 1.28 bits per heavy atom. The molecule has 94 valence electrons. The van der Waals surface area contributed by atoms with Gasteiger partial charge in [0.25, 0.3) is 0 Å². The standard InChI is InChI=1S/C13H15ClN4/c1-3-9-4-6-10(7-5-9)18(2)12-11(14)8-16-13(15)17-12/h4-8H,3H2,1-2H3,(H2,15,16,17). The van der Waals surface area contributed by atoms with Gasteiger partial charge in [-0.2, -0.15) is 4.98 Å². The van der Waals surface area contributed by atoms with E-state index in [0.717, 1.165) is 12.1 Å². The van der Waals surface area contributed by atoms with Crippen LogP contribution in [0.4, 0.5) is 17.5 Å². The lowest BCUT2D eigenvalue weighted by Crippen LogP contribution is -2.13. The quantitative estimate of drug-likeness (QED) is 0.924. The highest BCUT2D eigenvalue weighted by Crippen LogP contribution is 2.28. The topological polar surface area (TPSA) is 55.0 Å². The number of nitrogen functional groups attached to an aromatic ring is 1. The van der Waals surface area contributed by atoms with Crippen LogP contribution in [-0.2, 0) is 6.42 Å². The smallest absolute Gasteiger partial charge is 0.222 e. The van der Waals surface area contributed by atoms with E-state index in [4.69, 9.17) is 17.3 Å². The van der Waals surface area contributed by atoms with Crippen molar-refractivity contribution in [3.63, 3.8) is 0 Å². The number of aromatic nitrogens is 2. The lowest BCUT2D eigenvalue weighted by Gasteiger charge is -2.19. The summed E-state index contributed by atoms with van der Waals surface area (Å²) in [7, 11) is 1.90. The van der Waals surface area contributed by atoms with E-state index in [0.29, 0.717) is 10.8 Å². The summed E-state index contributed by atoms with van der Waals surface area (Å²) in [6.07, 6.45) is 2.53. The number of halogens is 1. The first-order valence-electron chi connectivity index (χ1n) is 5.72. The molecule has 4 nitrogen and oxygen atoms in total. The summed E-state index contributed by atoms with van der Waals surface area (Å²) in [5, 5.41) is 0.478. The molecule has 0 aliphatic heterocycles. The first-order valence-corrected chi connectivity index (χ1v) is 6.10. The molecule has 0 amide bonds. The molecule has 0 fully saturated rings. The molecular weight excluding hydrogens is 248 g/mol. The molecule has 0 atom stereocenters. The van der Waals surface area contributed by atoms with Crippen molar-refractivity contribution in [1.82, 2.24) is 9.97 Å². The van der Waals surface area contributed by atoms with Gasteiger partial charge in [0.1, 0.15) is 5.02 Å². The molecule has 0 aliphatic carbocycles. The molecule has 1 aromatic carbocycles. The summed E-state index contributed by atoms with van der Waals surface area (Å²) >= 11 is 6.08. The Morgan fingerprint density at radius 2 is 1.94 bits per heavy atom.